The Labute approximate surface area is 116 Å². The molecule has 0 aromatic heterocycles. The third-order valence-electron chi connectivity index (χ3n) is 3.47. The van der Waals surface area contributed by atoms with Gasteiger partial charge < -0.3 is 4.74 Å². The minimum atomic E-state index is -3.27. The van der Waals surface area contributed by atoms with E-state index in [9.17, 15) is 13.2 Å². The van der Waals surface area contributed by atoms with Crippen LogP contribution in [0.3, 0.4) is 0 Å². The summed E-state index contributed by atoms with van der Waals surface area (Å²) in [6, 6.07) is 0.0726. The first-order valence-corrected chi connectivity index (χ1v) is 8.75. The SMILES string of the molecule is COC(=O)CCCS(=O)(=O)NC1CCCCCCC1. The fraction of sp³-hybridized carbons (Fsp3) is 0.923. The average molecular weight is 291 g/mol. The van der Waals surface area contributed by atoms with E-state index in [4.69, 9.17) is 0 Å². The van der Waals surface area contributed by atoms with Crippen LogP contribution in [0.1, 0.15) is 57.8 Å². The predicted octanol–water partition coefficient (Wildman–Crippen LogP) is 1.97. The Bertz CT molecular complexity index is 359. The van der Waals surface area contributed by atoms with Gasteiger partial charge in [-0.25, -0.2) is 13.1 Å². The summed E-state index contributed by atoms with van der Waals surface area (Å²) in [5.74, 6) is -0.361. The molecule has 0 unspecified atom stereocenters. The second-order valence-corrected chi connectivity index (χ2v) is 7.03. The topological polar surface area (TPSA) is 72.5 Å². The van der Waals surface area contributed by atoms with Gasteiger partial charge in [-0.05, 0) is 19.3 Å². The van der Waals surface area contributed by atoms with Gasteiger partial charge in [0.2, 0.25) is 10.0 Å². The van der Waals surface area contributed by atoms with Gasteiger partial charge >= 0.3 is 5.97 Å². The molecule has 112 valence electrons. The van der Waals surface area contributed by atoms with Crippen LogP contribution in [0, 0.1) is 0 Å². The van der Waals surface area contributed by atoms with Crippen molar-refractivity contribution in [3.8, 4) is 0 Å². The van der Waals surface area contributed by atoms with Gasteiger partial charge in [0, 0.05) is 12.5 Å². The van der Waals surface area contributed by atoms with E-state index < -0.39 is 10.0 Å². The fourth-order valence-corrected chi connectivity index (χ4v) is 3.78. The number of rotatable bonds is 6. The molecule has 19 heavy (non-hydrogen) atoms. The van der Waals surface area contributed by atoms with E-state index in [1.54, 1.807) is 0 Å². The largest absolute Gasteiger partial charge is 0.469 e. The van der Waals surface area contributed by atoms with Crippen LogP contribution in [-0.2, 0) is 19.6 Å². The summed E-state index contributed by atoms with van der Waals surface area (Å²) in [7, 11) is -1.96. The summed E-state index contributed by atoms with van der Waals surface area (Å²) in [4.78, 5) is 10.9. The molecule has 1 saturated carbocycles. The normalized spacial score (nSPS) is 18.6. The number of hydrogen-bond acceptors (Lipinski definition) is 4. The highest BCUT2D eigenvalue weighted by Gasteiger charge is 2.18. The minimum Gasteiger partial charge on any atom is -0.469 e. The van der Waals surface area contributed by atoms with E-state index in [1.165, 1.54) is 26.4 Å². The highest BCUT2D eigenvalue weighted by Crippen LogP contribution is 2.17. The molecular formula is C13H25NO4S. The van der Waals surface area contributed by atoms with Crippen molar-refractivity contribution in [1.82, 2.24) is 4.72 Å². The highest BCUT2D eigenvalue weighted by molar-refractivity contribution is 7.89. The van der Waals surface area contributed by atoms with Crippen LogP contribution in [0.5, 0.6) is 0 Å². The highest BCUT2D eigenvalue weighted by atomic mass is 32.2. The Kier molecular flexibility index (Phi) is 7.38. The lowest BCUT2D eigenvalue weighted by molar-refractivity contribution is -0.140. The Morgan fingerprint density at radius 3 is 2.32 bits per heavy atom. The molecule has 0 bridgehead atoms. The fourth-order valence-electron chi connectivity index (χ4n) is 2.40. The number of ether oxygens (including phenoxy) is 1. The van der Waals surface area contributed by atoms with Gasteiger partial charge in [-0.1, -0.05) is 32.1 Å². The first-order chi connectivity index (χ1) is 9.03. The second-order valence-electron chi connectivity index (χ2n) is 5.16. The number of esters is 1. The summed E-state index contributed by atoms with van der Waals surface area (Å²) in [6.07, 6.45) is 8.16. The van der Waals surface area contributed by atoms with Crippen LogP contribution in [0.25, 0.3) is 0 Å². The monoisotopic (exact) mass is 291 g/mol. The lowest BCUT2D eigenvalue weighted by Crippen LogP contribution is -2.36. The quantitative estimate of drug-likeness (QED) is 0.759. The molecule has 0 aliphatic heterocycles. The van der Waals surface area contributed by atoms with Crippen molar-refractivity contribution in [2.45, 2.75) is 63.8 Å². The van der Waals surface area contributed by atoms with Crippen LogP contribution in [0.2, 0.25) is 0 Å². The summed E-state index contributed by atoms with van der Waals surface area (Å²) < 4.78 is 31.1. The Morgan fingerprint density at radius 1 is 1.16 bits per heavy atom. The molecule has 6 heteroatoms. The minimum absolute atomic E-state index is 0.00139. The van der Waals surface area contributed by atoms with E-state index in [0.29, 0.717) is 6.42 Å². The van der Waals surface area contributed by atoms with E-state index in [1.807, 2.05) is 0 Å². The van der Waals surface area contributed by atoms with Crippen LogP contribution in [0.15, 0.2) is 0 Å². The molecule has 0 heterocycles. The molecule has 0 radical (unpaired) electrons. The zero-order chi connectivity index (χ0) is 14.1. The molecule has 0 aromatic carbocycles. The van der Waals surface area contributed by atoms with Crippen molar-refractivity contribution in [3.63, 3.8) is 0 Å². The predicted molar refractivity (Wildman–Crippen MR) is 74.3 cm³/mol. The van der Waals surface area contributed by atoms with Crippen molar-refractivity contribution < 1.29 is 17.9 Å². The van der Waals surface area contributed by atoms with Crippen molar-refractivity contribution in [2.24, 2.45) is 0 Å². The number of hydrogen-bond donors (Lipinski definition) is 1. The number of carbonyl (C=O) groups excluding carboxylic acids is 1. The first kappa shape index (κ1) is 16.4. The molecule has 1 rings (SSSR count). The molecular weight excluding hydrogens is 266 g/mol. The van der Waals surface area contributed by atoms with Crippen LogP contribution in [0.4, 0.5) is 0 Å². The van der Waals surface area contributed by atoms with Gasteiger partial charge in [-0.15, -0.1) is 0 Å². The number of methoxy groups -OCH3 is 1. The molecule has 0 saturated heterocycles. The van der Waals surface area contributed by atoms with Crippen LogP contribution in [-0.4, -0.2) is 33.3 Å². The van der Waals surface area contributed by atoms with Gasteiger partial charge in [0.05, 0.1) is 12.9 Å². The van der Waals surface area contributed by atoms with Gasteiger partial charge in [0.15, 0.2) is 0 Å². The third kappa shape index (κ3) is 7.52. The molecule has 0 spiro atoms. The van der Waals surface area contributed by atoms with Crippen molar-refractivity contribution in [3.05, 3.63) is 0 Å². The average Bonchev–Trinajstić information content (AvgIpc) is 2.32. The van der Waals surface area contributed by atoms with Crippen LogP contribution < -0.4 is 4.72 Å². The number of sulfonamides is 1. The van der Waals surface area contributed by atoms with Crippen molar-refractivity contribution >= 4 is 16.0 Å². The Balaban J connectivity index is 2.33. The zero-order valence-corrected chi connectivity index (χ0v) is 12.5. The van der Waals surface area contributed by atoms with Gasteiger partial charge in [0.25, 0.3) is 0 Å². The Morgan fingerprint density at radius 2 is 1.74 bits per heavy atom. The van der Waals surface area contributed by atoms with Crippen molar-refractivity contribution in [1.29, 1.82) is 0 Å². The third-order valence-corrected chi connectivity index (χ3v) is 4.99. The second kappa shape index (κ2) is 8.53. The lowest BCUT2D eigenvalue weighted by Gasteiger charge is -2.20. The maximum absolute atomic E-state index is 11.9. The molecule has 5 nitrogen and oxygen atoms in total. The lowest BCUT2D eigenvalue weighted by atomic mass is 9.97. The summed E-state index contributed by atoms with van der Waals surface area (Å²) in [5.41, 5.74) is 0. The summed E-state index contributed by atoms with van der Waals surface area (Å²) in [5, 5.41) is 0. The molecule has 1 aliphatic rings. The van der Waals surface area contributed by atoms with Gasteiger partial charge in [-0.2, -0.15) is 0 Å². The molecule has 0 amide bonds. The Hall–Kier alpha value is -0.620. The maximum atomic E-state index is 11.9. The molecule has 1 N–H and O–H groups in total. The maximum Gasteiger partial charge on any atom is 0.305 e. The van der Waals surface area contributed by atoms with Gasteiger partial charge in [0.1, 0.15) is 0 Å². The van der Waals surface area contributed by atoms with E-state index in [2.05, 4.69) is 9.46 Å². The summed E-state index contributed by atoms with van der Waals surface area (Å²) in [6.45, 7) is 0. The standard InChI is InChI=1S/C13H25NO4S/c1-18-13(15)10-7-11-19(16,17)14-12-8-5-3-2-4-6-9-12/h12,14H,2-11H2,1H3. The molecule has 0 atom stereocenters. The zero-order valence-electron chi connectivity index (χ0n) is 11.7. The van der Waals surface area contributed by atoms with E-state index in [0.717, 1.165) is 25.7 Å². The number of carbonyl (C=O) groups is 1. The van der Waals surface area contributed by atoms with E-state index >= 15 is 0 Å². The molecule has 1 fully saturated rings. The van der Waals surface area contributed by atoms with Gasteiger partial charge in [-0.3, -0.25) is 4.79 Å². The van der Waals surface area contributed by atoms with E-state index in [-0.39, 0.29) is 24.2 Å². The molecule has 0 aromatic rings. The summed E-state index contributed by atoms with van der Waals surface area (Å²) >= 11 is 0. The van der Waals surface area contributed by atoms with Crippen LogP contribution >= 0.6 is 0 Å². The van der Waals surface area contributed by atoms with Crippen molar-refractivity contribution in [2.75, 3.05) is 12.9 Å². The first-order valence-electron chi connectivity index (χ1n) is 7.10. The molecule has 1 aliphatic carbocycles. The smallest absolute Gasteiger partial charge is 0.305 e. The number of nitrogens with one attached hydrogen (secondary N) is 1.